The second-order valence-electron chi connectivity index (χ2n) is 1.92. The maximum Gasteiger partial charge on any atom is 0.199 e. The molecular formula is C10H19O2P. The van der Waals surface area contributed by atoms with Crippen LogP contribution >= 0.6 is 8.38 Å². The summed E-state index contributed by atoms with van der Waals surface area (Å²) in [5.41, 5.74) is 0. The quantitative estimate of drug-likeness (QED) is 0.542. The first kappa shape index (κ1) is 15.1. The molecule has 2 N–H and O–H groups in total. The third-order valence-electron chi connectivity index (χ3n) is 1.05. The molecule has 0 rings (SSSR count). The van der Waals surface area contributed by atoms with E-state index in [1.807, 2.05) is 20.8 Å². The Morgan fingerprint density at radius 3 is 2.23 bits per heavy atom. The minimum Gasteiger partial charge on any atom is -0.347 e. The molecular weight excluding hydrogens is 183 g/mol. The highest BCUT2D eigenvalue weighted by molar-refractivity contribution is 7.50. The molecule has 0 aromatic rings. The average Bonchev–Trinajstić information content (AvgIpc) is 2.15. The van der Waals surface area contributed by atoms with Crippen LogP contribution in [0.1, 0.15) is 27.2 Å². The molecule has 0 heterocycles. The van der Waals surface area contributed by atoms with Gasteiger partial charge in [-0.05, 0) is 6.42 Å². The van der Waals surface area contributed by atoms with Gasteiger partial charge in [-0.25, -0.2) is 0 Å². The lowest BCUT2D eigenvalue weighted by molar-refractivity contribution is 0.493. The summed E-state index contributed by atoms with van der Waals surface area (Å²) in [6.45, 7) is 9.43. The zero-order valence-corrected chi connectivity index (χ0v) is 9.46. The van der Waals surface area contributed by atoms with Crippen molar-refractivity contribution in [3.8, 4) is 0 Å². The van der Waals surface area contributed by atoms with Crippen LogP contribution in [-0.2, 0) is 0 Å². The molecule has 0 unspecified atom stereocenters. The SMILES string of the molecule is C=C/C=C\C(=C/CC)P(O)O.CC. The van der Waals surface area contributed by atoms with Gasteiger partial charge in [-0.2, -0.15) is 0 Å². The highest BCUT2D eigenvalue weighted by Crippen LogP contribution is 2.36. The number of hydrogen-bond donors (Lipinski definition) is 2. The Balaban J connectivity index is 0. The van der Waals surface area contributed by atoms with Gasteiger partial charge < -0.3 is 9.79 Å². The van der Waals surface area contributed by atoms with Gasteiger partial charge in [-0.1, -0.05) is 51.7 Å². The zero-order chi connectivity index (χ0) is 10.7. The van der Waals surface area contributed by atoms with Crippen LogP contribution in [0.15, 0.2) is 36.2 Å². The fraction of sp³-hybridized carbons (Fsp3) is 0.400. The monoisotopic (exact) mass is 202 g/mol. The van der Waals surface area contributed by atoms with Crippen molar-refractivity contribution in [3.63, 3.8) is 0 Å². The van der Waals surface area contributed by atoms with Crippen molar-refractivity contribution in [2.45, 2.75) is 27.2 Å². The van der Waals surface area contributed by atoms with Crippen molar-refractivity contribution in [1.29, 1.82) is 0 Å². The summed E-state index contributed by atoms with van der Waals surface area (Å²) in [6, 6.07) is 0. The number of hydrogen-bond acceptors (Lipinski definition) is 2. The molecule has 0 saturated heterocycles. The molecule has 0 aromatic heterocycles. The topological polar surface area (TPSA) is 40.5 Å². The van der Waals surface area contributed by atoms with Crippen LogP contribution < -0.4 is 0 Å². The second kappa shape index (κ2) is 11.6. The Bertz CT molecular complexity index is 172. The zero-order valence-electron chi connectivity index (χ0n) is 8.57. The largest absolute Gasteiger partial charge is 0.347 e. The Hall–Kier alpha value is -0.430. The lowest BCUT2D eigenvalue weighted by atomic mass is 10.4. The Labute approximate surface area is 82.2 Å². The first-order chi connectivity index (χ1) is 6.22. The van der Waals surface area contributed by atoms with Gasteiger partial charge in [0.1, 0.15) is 0 Å². The molecule has 0 amide bonds. The van der Waals surface area contributed by atoms with Crippen molar-refractivity contribution in [2.75, 3.05) is 0 Å². The minimum absolute atomic E-state index is 0.572. The molecule has 0 fully saturated rings. The molecule has 0 bridgehead atoms. The maximum absolute atomic E-state index is 8.84. The molecule has 0 saturated carbocycles. The molecule has 0 aliphatic rings. The highest BCUT2D eigenvalue weighted by Gasteiger charge is 2.01. The van der Waals surface area contributed by atoms with Crippen molar-refractivity contribution >= 4 is 8.38 Å². The van der Waals surface area contributed by atoms with Crippen LogP contribution in [0, 0.1) is 0 Å². The van der Waals surface area contributed by atoms with Crippen molar-refractivity contribution < 1.29 is 9.79 Å². The van der Waals surface area contributed by atoms with Gasteiger partial charge in [0.25, 0.3) is 0 Å². The van der Waals surface area contributed by atoms with Gasteiger partial charge >= 0.3 is 0 Å². The van der Waals surface area contributed by atoms with E-state index in [2.05, 4.69) is 6.58 Å². The molecule has 13 heavy (non-hydrogen) atoms. The average molecular weight is 202 g/mol. The third-order valence-corrected chi connectivity index (χ3v) is 1.84. The van der Waals surface area contributed by atoms with Crippen molar-refractivity contribution in [3.05, 3.63) is 36.2 Å². The Kier molecular flexibility index (Phi) is 13.4. The number of rotatable bonds is 4. The Morgan fingerprint density at radius 2 is 1.92 bits per heavy atom. The summed E-state index contributed by atoms with van der Waals surface area (Å²) in [5.74, 6) is 0. The molecule has 3 heteroatoms. The summed E-state index contributed by atoms with van der Waals surface area (Å²) in [4.78, 5) is 17.7. The van der Waals surface area contributed by atoms with Crippen LogP contribution in [0.4, 0.5) is 0 Å². The normalized spacial score (nSPS) is 11.4. The highest BCUT2D eigenvalue weighted by atomic mass is 31.2. The van der Waals surface area contributed by atoms with E-state index in [0.717, 1.165) is 6.42 Å². The van der Waals surface area contributed by atoms with E-state index in [0.29, 0.717) is 5.31 Å². The fourth-order valence-electron chi connectivity index (χ4n) is 0.592. The predicted octanol–water partition coefficient (Wildman–Crippen LogP) is 3.35. The van der Waals surface area contributed by atoms with Gasteiger partial charge in [0.2, 0.25) is 0 Å². The summed E-state index contributed by atoms with van der Waals surface area (Å²) in [7, 11) is -1.95. The van der Waals surface area contributed by atoms with E-state index in [4.69, 9.17) is 9.79 Å². The van der Waals surface area contributed by atoms with Gasteiger partial charge in [0.05, 0.1) is 0 Å². The van der Waals surface area contributed by atoms with E-state index in [9.17, 15) is 0 Å². The van der Waals surface area contributed by atoms with Gasteiger partial charge in [0, 0.05) is 5.31 Å². The first-order valence-electron chi connectivity index (χ1n) is 4.39. The van der Waals surface area contributed by atoms with Crippen molar-refractivity contribution in [2.24, 2.45) is 0 Å². The van der Waals surface area contributed by atoms with Crippen molar-refractivity contribution in [1.82, 2.24) is 0 Å². The van der Waals surface area contributed by atoms with Crippen LogP contribution in [0.2, 0.25) is 0 Å². The molecule has 0 spiro atoms. The molecule has 0 aliphatic carbocycles. The summed E-state index contributed by atoms with van der Waals surface area (Å²) in [6.07, 6.45) is 7.52. The summed E-state index contributed by atoms with van der Waals surface area (Å²) >= 11 is 0. The minimum atomic E-state index is -1.95. The molecule has 0 aliphatic heterocycles. The van der Waals surface area contributed by atoms with Crippen LogP contribution in [0.25, 0.3) is 0 Å². The van der Waals surface area contributed by atoms with Crippen LogP contribution in [0.5, 0.6) is 0 Å². The molecule has 76 valence electrons. The standard InChI is InChI=1S/C8H13O2P.C2H6/c1-3-5-7-8(6-4-2)11(9)10;1-2/h3,5-7,9-10H,1,4H2,2H3;1-2H3/b7-5-,8-6+;. The van der Waals surface area contributed by atoms with E-state index in [-0.39, 0.29) is 0 Å². The number of allylic oxidation sites excluding steroid dienone is 5. The lowest BCUT2D eigenvalue weighted by Crippen LogP contribution is -1.74. The fourth-order valence-corrected chi connectivity index (χ4v) is 1.16. The van der Waals surface area contributed by atoms with E-state index in [1.165, 1.54) is 0 Å². The lowest BCUT2D eigenvalue weighted by Gasteiger charge is -2.01. The first-order valence-corrected chi connectivity index (χ1v) is 5.64. The van der Waals surface area contributed by atoms with E-state index >= 15 is 0 Å². The van der Waals surface area contributed by atoms with Gasteiger partial charge in [-0.3, -0.25) is 0 Å². The van der Waals surface area contributed by atoms with Gasteiger partial charge in [0.15, 0.2) is 8.38 Å². The van der Waals surface area contributed by atoms with E-state index < -0.39 is 8.38 Å². The molecule has 2 nitrogen and oxygen atoms in total. The smallest absolute Gasteiger partial charge is 0.199 e. The van der Waals surface area contributed by atoms with Gasteiger partial charge in [-0.15, -0.1) is 0 Å². The maximum atomic E-state index is 8.84. The third kappa shape index (κ3) is 9.48. The second-order valence-corrected chi connectivity index (χ2v) is 3.02. The summed E-state index contributed by atoms with van der Waals surface area (Å²) in [5, 5.41) is 0.572. The van der Waals surface area contributed by atoms with E-state index in [1.54, 1.807) is 24.3 Å². The Morgan fingerprint density at radius 1 is 1.38 bits per heavy atom. The summed E-state index contributed by atoms with van der Waals surface area (Å²) < 4.78 is 0. The molecule has 0 radical (unpaired) electrons. The van der Waals surface area contributed by atoms with Crippen LogP contribution in [-0.4, -0.2) is 9.79 Å². The predicted molar refractivity (Wildman–Crippen MR) is 60.4 cm³/mol. The molecule has 0 atom stereocenters. The molecule has 0 aromatic carbocycles. The van der Waals surface area contributed by atoms with Crippen LogP contribution in [0.3, 0.4) is 0 Å².